The van der Waals surface area contributed by atoms with Gasteiger partial charge in [-0.25, -0.2) is 8.42 Å². The van der Waals surface area contributed by atoms with Crippen LogP contribution in [0.2, 0.25) is 6.04 Å². The van der Waals surface area contributed by atoms with Crippen molar-refractivity contribution in [1.82, 2.24) is 0 Å². The Labute approximate surface area is 115 Å². The Bertz CT molecular complexity index is 483. The maximum Gasteiger partial charge on any atom is 0.244 e. The number of aryl methyl sites for hydroxylation is 1. The molecule has 0 amide bonds. The van der Waals surface area contributed by atoms with Crippen molar-refractivity contribution >= 4 is 17.5 Å². The van der Waals surface area contributed by atoms with Crippen LogP contribution in [-0.2, 0) is 20.7 Å². The Morgan fingerprint density at radius 3 is 2.58 bits per heavy atom. The van der Waals surface area contributed by atoms with Crippen LogP contribution < -0.4 is 0 Å². The average Bonchev–Trinajstić information content (AvgIpc) is 2.40. The number of hydrogen-bond donors (Lipinski definition) is 1. The van der Waals surface area contributed by atoms with Crippen LogP contribution in [0.1, 0.15) is 24.8 Å². The van der Waals surface area contributed by atoms with Gasteiger partial charge in [-0.05, 0) is 37.3 Å². The summed E-state index contributed by atoms with van der Waals surface area (Å²) in [5.74, 6) is 0. The average molecular weight is 300 g/mol. The smallest absolute Gasteiger partial charge is 0.244 e. The summed E-state index contributed by atoms with van der Waals surface area (Å²) in [6.45, 7) is 0.620. The number of rotatable bonds is 5. The van der Waals surface area contributed by atoms with Crippen molar-refractivity contribution in [3.63, 3.8) is 0 Å². The fraction of sp³-hybridized carbons (Fsp3) is 0.538. The van der Waals surface area contributed by atoms with Gasteiger partial charge >= 0.3 is 0 Å². The molecule has 1 saturated heterocycles. The zero-order chi connectivity index (χ0) is 13.7. The van der Waals surface area contributed by atoms with Gasteiger partial charge in [-0.1, -0.05) is 30.3 Å². The quantitative estimate of drug-likeness (QED) is 0.667. The first-order valence-electron chi connectivity index (χ1n) is 6.69. The van der Waals surface area contributed by atoms with Gasteiger partial charge in [-0.15, -0.1) is 0 Å². The highest BCUT2D eigenvalue weighted by Gasteiger charge is 2.36. The predicted molar refractivity (Wildman–Crippen MR) is 77.2 cm³/mol. The van der Waals surface area contributed by atoms with Crippen LogP contribution in [0.25, 0.3) is 0 Å². The zero-order valence-electron chi connectivity index (χ0n) is 10.9. The maximum absolute atomic E-state index is 11.6. The van der Waals surface area contributed by atoms with Gasteiger partial charge in [0.05, 0.1) is 5.73 Å². The molecule has 0 radical (unpaired) electrons. The van der Waals surface area contributed by atoms with E-state index >= 15 is 0 Å². The molecule has 2 rings (SSSR count). The molecule has 1 aliphatic heterocycles. The maximum atomic E-state index is 11.6. The van der Waals surface area contributed by atoms with Crippen molar-refractivity contribution in [1.29, 1.82) is 0 Å². The molecule has 0 saturated carbocycles. The van der Waals surface area contributed by atoms with E-state index in [1.165, 1.54) is 0 Å². The van der Waals surface area contributed by atoms with E-state index in [-0.39, 0.29) is 5.73 Å². The zero-order valence-corrected chi connectivity index (χ0v) is 12.8. The third-order valence-corrected chi connectivity index (χ3v) is 10.5. The van der Waals surface area contributed by atoms with Gasteiger partial charge in [0.1, 0.15) is 0 Å². The number of benzene rings is 1. The largest absolute Gasteiger partial charge is 0.381 e. The first kappa shape index (κ1) is 14.7. The molecule has 0 bridgehead atoms. The monoisotopic (exact) mass is 300 g/mol. The van der Waals surface area contributed by atoms with E-state index in [2.05, 4.69) is 0 Å². The van der Waals surface area contributed by atoms with E-state index in [0.29, 0.717) is 19.1 Å². The summed E-state index contributed by atoms with van der Waals surface area (Å²) in [5, 5.41) is 0. The minimum absolute atomic E-state index is 0.229. The number of ether oxygens (including phenoxy) is 1. The van der Waals surface area contributed by atoms with Gasteiger partial charge in [0.25, 0.3) is 0 Å². The molecule has 1 N–H and O–H groups in total. The molecule has 1 heterocycles. The summed E-state index contributed by atoms with van der Waals surface area (Å²) in [7, 11) is -6.29. The molecule has 1 fully saturated rings. The van der Waals surface area contributed by atoms with E-state index in [0.717, 1.165) is 24.8 Å². The third kappa shape index (κ3) is 4.41. The molecule has 1 aliphatic rings. The highest BCUT2D eigenvalue weighted by atomic mass is 32.4. The number of hydrogen-bond acceptors (Lipinski definition) is 3. The topological polar surface area (TPSA) is 63.6 Å². The molecular formula is C13H20O4SSi. The summed E-state index contributed by atoms with van der Waals surface area (Å²) in [4.78, 5) is 0. The first-order chi connectivity index (χ1) is 9.07. The van der Waals surface area contributed by atoms with E-state index in [1.807, 2.05) is 30.3 Å². The van der Waals surface area contributed by atoms with E-state index in [4.69, 9.17) is 4.74 Å². The van der Waals surface area contributed by atoms with Gasteiger partial charge in [0.15, 0.2) is 0 Å². The highest BCUT2D eigenvalue weighted by molar-refractivity contribution is 8.14. The van der Waals surface area contributed by atoms with Crippen molar-refractivity contribution in [2.24, 2.45) is 0 Å². The van der Waals surface area contributed by atoms with Gasteiger partial charge < -0.3 is 4.74 Å². The lowest BCUT2D eigenvalue weighted by molar-refractivity contribution is 0.0637. The molecule has 2 atom stereocenters. The molecular weight excluding hydrogens is 280 g/mol. The van der Waals surface area contributed by atoms with Crippen molar-refractivity contribution < 1.29 is 17.7 Å². The van der Waals surface area contributed by atoms with Gasteiger partial charge in [0.2, 0.25) is 17.5 Å². The lowest BCUT2D eigenvalue weighted by atomic mass is 10.2. The van der Waals surface area contributed by atoms with Crippen LogP contribution in [0.4, 0.5) is 0 Å². The molecule has 0 aliphatic carbocycles. The van der Waals surface area contributed by atoms with Crippen LogP contribution >= 0.6 is 0 Å². The van der Waals surface area contributed by atoms with Gasteiger partial charge in [0, 0.05) is 6.61 Å². The fourth-order valence-corrected chi connectivity index (χ4v) is 8.21. The first-order valence-corrected chi connectivity index (χ1v) is 11.1. The van der Waals surface area contributed by atoms with Crippen LogP contribution in [0.5, 0.6) is 0 Å². The molecule has 106 valence electrons. The van der Waals surface area contributed by atoms with Crippen LogP contribution in [0.3, 0.4) is 0 Å². The van der Waals surface area contributed by atoms with Crippen molar-refractivity contribution in [3.05, 3.63) is 35.9 Å². The Morgan fingerprint density at radius 1 is 1.26 bits per heavy atom. The lowest BCUT2D eigenvalue weighted by Crippen LogP contribution is -2.42. The summed E-state index contributed by atoms with van der Waals surface area (Å²) >= 11 is 0. The molecule has 0 spiro atoms. The van der Waals surface area contributed by atoms with E-state index in [1.54, 1.807) is 0 Å². The predicted octanol–water partition coefficient (Wildman–Crippen LogP) is 1.95. The summed E-state index contributed by atoms with van der Waals surface area (Å²) < 4.78 is 38.2. The molecule has 1 aromatic carbocycles. The highest BCUT2D eigenvalue weighted by Crippen LogP contribution is 2.21. The summed E-state index contributed by atoms with van der Waals surface area (Å²) in [6, 6.07) is 10.3. The molecule has 1 aromatic rings. The van der Waals surface area contributed by atoms with Crippen LogP contribution in [0.15, 0.2) is 30.3 Å². The Hall–Kier alpha value is -0.693. The van der Waals surface area contributed by atoms with Crippen molar-refractivity contribution in [2.75, 3.05) is 6.61 Å². The normalized spacial score (nSPS) is 22.1. The van der Waals surface area contributed by atoms with Crippen molar-refractivity contribution in [3.8, 4) is 0 Å². The van der Waals surface area contributed by atoms with Crippen molar-refractivity contribution in [2.45, 2.75) is 37.5 Å². The Balaban J connectivity index is 2.02. The molecule has 6 heteroatoms. The second-order valence-electron chi connectivity index (χ2n) is 4.98. The second-order valence-corrected chi connectivity index (χ2v) is 12.0. The summed E-state index contributed by atoms with van der Waals surface area (Å²) in [6.07, 6.45) is 3.44. The molecule has 4 nitrogen and oxygen atoms in total. The minimum Gasteiger partial charge on any atom is -0.381 e. The Morgan fingerprint density at radius 2 is 2.00 bits per heavy atom. The SMILES string of the molecule is O=S(=O)(O)[SiH](CCc1ccccc1)C1CCCCO1. The third-order valence-electron chi connectivity index (χ3n) is 3.57. The minimum atomic E-state index is -3.92. The Kier molecular flexibility index (Phi) is 5.15. The molecule has 2 unspecified atom stereocenters. The van der Waals surface area contributed by atoms with E-state index in [9.17, 15) is 13.0 Å². The molecule has 19 heavy (non-hydrogen) atoms. The summed E-state index contributed by atoms with van der Waals surface area (Å²) in [5.41, 5.74) is 0.881. The fourth-order valence-electron chi connectivity index (χ4n) is 2.54. The van der Waals surface area contributed by atoms with Gasteiger partial charge in [-0.3, -0.25) is 4.55 Å². The van der Waals surface area contributed by atoms with Crippen LogP contribution in [-0.4, -0.2) is 33.3 Å². The van der Waals surface area contributed by atoms with E-state index < -0.39 is 17.5 Å². The standard InChI is InChI=1S/C13H20O4SSi/c14-18(15,16)19(13-8-4-5-10-17-13)11-9-12-6-2-1-3-7-12/h1-3,6-7,13,19H,4-5,8-11H2,(H,14,15,16). The second kappa shape index (κ2) is 6.65. The molecule has 0 aromatic heterocycles. The van der Waals surface area contributed by atoms with Crippen LogP contribution in [0, 0.1) is 0 Å². The lowest BCUT2D eigenvalue weighted by Gasteiger charge is -2.27. The van der Waals surface area contributed by atoms with Gasteiger partial charge in [-0.2, -0.15) is 0 Å².